The summed E-state index contributed by atoms with van der Waals surface area (Å²) in [5.74, 6) is 0.222. The van der Waals surface area contributed by atoms with Crippen LogP contribution >= 0.6 is 0 Å². The second-order valence-corrected chi connectivity index (χ2v) is 10.9. The molecule has 0 spiro atoms. The monoisotopic (exact) mass is 463 g/mol. The molecule has 2 atom stereocenters. The molecule has 0 N–H and O–H groups in total. The van der Waals surface area contributed by atoms with Gasteiger partial charge in [0.1, 0.15) is 6.04 Å². The number of aromatic nitrogens is 1. The van der Waals surface area contributed by atoms with E-state index in [2.05, 4.69) is 53.5 Å². The van der Waals surface area contributed by atoms with Crippen molar-refractivity contribution in [3.05, 3.63) is 105 Å². The molecule has 0 radical (unpaired) electrons. The van der Waals surface area contributed by atoms with E-state index >= 15 is 0 Å². The van der Waals surface area contributed by atoms with Gasteiger partial charge in [-0.05, 0) is 60.2 Å². The Morgan fingerprint density at radius 1 is 1.03 bits per heavy atom. The van der Waals surface area contributed by atoms with Crippen molar-refractivity contribution < 1.29 is 8.42 Å². The number of rotatable bonds is 8. The lowest BCUT2D eigenvalue weighted by Gasteiger charge is -2.37. The highest BCUT2D eigenvalue weighted by Crippen LogP contribution is 2.38. The first-order valence-corrected chi connectivity index (χ1v) is 13.0. The number of hydrogen-bond donors (Lipinski definition) is 0. The molecular formula is C26H29N3O3S. The zero-order chi connectivity index (χ0) is 23.6. The van der Waals surface area contributed by atoms with E-state index in [4.69, 9.17) is 0 Å². The molecule has 7 heteroatoms. The van der Waals surface area contributed by atoms with Crippen molar-refractivity contribution in [2.75, 3.05) is 19.3 Å². The molecule has 1 aromatic heterocycles. The molecule has 172 valence electrons. The van der Waals surface area contributed by atoms with E-state index in [0.717, 1.165) is 22.4 Å². The topological polar surface area (TPSA) is 79.7 Å². The minimum Gasteiger partial charge on any atom is -0.262 e. The van der Waals surface area contributed by atoms with Crippen molar-refractivity contribution in [2.45, 2.75) is 38.1 Å². The van der Waals surface area contributed by atoms with Gasteiger partial charge in [0, 0.05) is 36.8 Å². The van der Waals surface area contributed by atoms with Crippen LogP contribution in [0.15, 0.2) is 72.0 Å². The molecular weight excluding hydrogens is 434 g/mol. The molecule has 0 amide bonds. The minimum absolute atomic E-state index is 0.00494. The van der Waals surface area contributed by atoms with Crippen molar-refractivity contribution in [2.24, 2.45) is 5.18 Å². The number of sulfonamides is 1. The Morgan fingerprint density at radius 3 is 2.33 bits per heavy atom. The summed E-state index contributed by atoms with van der Waals surface area (Å²) in [6.45, 7) is 5.05. The average molecular weight is 464 g/mol. The first-order valence-electron chi connectivity index (χ1n) is 11.1. The average Bonchev–Trinajstić information content (AvgIpc) is 2.74. The Labute approximate surface area is 195 Å². The fourth-order valence-electron chi connectivity index (χ4n) is 4.58. The second-order valence-electron chi connectivity index (χ2n) is 8.94. The molecule has 33 heavy (non-hydrogen) atoms. The van der Waals surface area contributed by atoms with Crippen molar-refractivity contribution >= 4 is 10.0 Å². The third kappa shape index (κ3) is 5.20. The van der Waals surface area contributed by atoms with Crippen LogP contribution in [0.1, 0.15) is 57.8 Å². The van der Waals surface area contributed by atoms with Gasteiger partial charge in [-0.25, -0.2) is 12.7 Å². The van der Waals surface area contributed by atoms with E-state index in [0.29, 0.717) is 19.5 Å². The molecule has 1 unspecified atom stereocenters. The molecule has 6 nitrogen and oxygen atoms in total. The number of pyridine rings is 1. The van der Waals surface area contributed by atoms with Crippen molar-refractivity contribution in [1.29, 1.82) is 0 Å². The maximum absolute atomic E-state index is 11.9. The smallest absolute Gasteiger partial charge is 0.211 e. The first-order chi connectivity index (χ1) is 15.8. The third-order valence-electron chi connectivity index (χ3n) is 6.58. The SMILES string of the molecule is Cc1cc(C(C[C@H](c2ccc(C3CN(S(C)(=O)=O)C3)cc2)c2ccccc2C)N=O)ccn1. The summed E-state index contributed by atoms with van der Waals surface area (Å²) in [6.07, 6.45) is 3.53. The van der Waals surface area contributed by atoms with Gasteiger partial charge in [0.15, 0.2) is 0 Å². The zero-order valence-corrected chi connectivity index (χ0v) is 20.0. The van der Waals surface area contributed by atoms with Gasteiger partial charge in [-0.1, -0.05) is 53.7 Å². The Hall–Kier alpha value is -2.90. The Balaban J connectivity index is 1.62. The second kappa shape index (κ2) is 9.53. The molecule has 0 bridgehead atoms. The molecule has 0 aliphatic carbocycles. The lowest BCUT2D eigenvalue weighted by atomic mass is 9.81. The predicted molar refractivity (Wildman–Crippen MR) is 131 cm³/mol. The summed E-state index contributed by atoms with van der Waals surface area (Å²) >= 11 is 0. The van der Waals surface area contributed by atoms with Crippen LogP contribution in [0, 0.1) is 18.8 Å². The molecule has 1 fully saturated rings. The van der Waals surface area contributed by atoms with Gasteiger partial charge in [0.05, 0.1) is 6.26 Å². The van der Waals surface area contributed by atoms with Gasteiger partial charge in [0.25, 0.3) is 0 Å². The van der Waals surface area contributed by atoms with E-state index in [9.17, 15) is 13.3 Å². The molecule has 2 heterocycles. The molecule has 2 aromatic carbocycles. The highest BCUT2D eigenvalue weighted by molar-refractivity contribution is 7.88. The lowest BCUT2D eigenvalue weighted by Crippen LogP contribution is -2.47. The van der Waals surface area contributed by atoms with Crippen LogP contribution in [0.25, 0.3) is 0 Å². The number of hydrogen-bond acceptors (Lipinski definition) is 5. The number of aryl methyl sites for hydroxylation is 2. The van der Waals surface area contributed by atoms with Crippen LogP contribution in [0.3, 0.4) is 0 Å². The molecule has 0 saturated carbocycles. The molecule has 3 aromatic rings. The summed E-state index contributed by atoms with van der Waals surface area (Å²) in [7, 11) is -3.13. The van der Waals surface area contributed by atoms with Crippen LogP contribution in [-0.4, -0.2) is 37.1 Å². The van der Waals surface area contributed by atoms with Crippen LogP contribution < -0.4 is 0 Å². The van der Waals surface area contributed by atoms with Crippen LogP contribution in [0.4, 0.5) is 0 Å². The van der Waals surface area contributed by atoms with Gasteiger partial charge >= 0.3 is 0 Å². The molecule has 1 saturated heterocycles. The molecule has 1 aliphatic rings. The normalized spacial score (nSPS) is 16.7. The van der Waals surface area contributed by atoms with E-state index < -0.39 is 16.1 Å². The number of benzene rings is 2. The highest BCUT2D eigenvalue weighted by atomic mass is 32.2. The summed E-state index contributed by atoms with van der Waals surface area (Å²) in [5, 5.41) is 3.48. The number of nitroso groups, excluding NO2 is 1. The van der Waals surface area contributed by atoms with Crippen LogP contribution in [-0.2, 0) is 10.0 Å². The van der Waals surface area contributed by atoms with Gasteiger partial charge in [-0.2, -0.15) is 4.91 Å². The third-order valence-corrected chi connectivity index (χ3v) is 7.82. The van der Waals surface area contributed by atoms with Crippen LogP contribution in [0.5, 0.6) is 0 Å². The van der Waals surface area contributed by atoms with E-state index in [1.54, 1.807) is 6.20 Å². The highest BCUT2D eigenvalue weighted by Gasteiger charge is 2.34. The first kappa shape index (κ1) is 23.3. The molecule has 4 rings (SSSR count). The van der Waals surface area contributed by atoms with Gasteiger partial charge in [-0.3, -0.25) is 4.98 Å². The Morgan fingerprint density at radius 2 is 1.73 bits per heavy atom. The van der Waals surface area contributed by atoms with Crippen molar-refractivity contribution in [3.8, 4) is 0 Å². The summed E-state index contributed by atoms with van der Waals surface area (Å²) in [6, 6.07) is 19.9. The maximum atomic E-state index is 11.9. The lowest BCUT2D eigenvalue weighted by molar-refractivity contribution is 0.266. The largest absolute Gasteiger partial charge is 0.262 e. The fraction of sp³-hybridized carbons (Fsp3) is 0.346. The summed E-state index contributed by atoms with van der Waals surface area (Å²) in [5.41, 5.74) is 6.34. The summed E-state index contributed by atoms with van der Waals surface area (Å²) < 4.78 is 24.9. The Kier molecular flexibility index (Phi) is 6.72. The minimum atomic E-state index is -3.13. The predicted octanol–water partition coefficient (Wildman–Crippen LogP) is 5.09. The van der Waals surface area contributed by atoms with Gasteiger partial charge in [-0.15, -0.1) is 0 Å². The van der Waals surface area contributed by atoms with E-state index in [-0.39, 0.29) is 11.8 Å². The summed E-state index contributed by atoms with van der Waals surface area (Å²) in [4.78, 5) is 16.1. The van der Waals surface area contributed by atoms with E-state index in [1.165, 1.54) is 21.7 Å². The van der Waals surface area contributed by atoms with Gasteiger partial charge in [0.2, 0.25) is 10.0 Å². The Bertz CT molecular complexity index is 1240. The van der Waals surface area contributed by atoms with Crippen molar-refractivity contribution in [1.82, 2.24) is 9.29 Å². The van der Waals surface area contributed by atoms with Gasteiger partial charge < -0.3 is 0 Å². The standard InChI is InChI=1S/C26H29N3O3S/c1-18-6-4-5-7-24(18)25(15-26(28-30)22-12-13-27-19(2)14-22)21-10-8-20(9-11-21)23-16-29(17-23)33(3,31)32/h4-14,23,25-26H,15-17H2,1-3H3/t25-,26?/m1/s1. The fourth-order valence-corrected chi connectivity index (χ4v) is 5.48. The molecule has 1 aliphatic heterocycles. The van der Waals surface area contributed by atoms with Crippen LogP contribution in [0.2, 0.25) is 0 Å². The quantitative estimate of drug-likeness (QED) is 0.436. The van der Waals surface area contributed by atoms with Crippen molar-refractivity contribution in [3.63, 3.8) is 0 Å². The van der Waals surface area contributed by atoms with E-state index in [1.807, 2.05) is 31.2 Å². The zero-order valence-electron chi connectivity index (χ0n) is 19.2. The maximum Gasteiger partial charge on any atom is 0.211 e. The number of nitrogens with zero attached hydrogens (tertiary/aromatic N) is 3.